The van der Waals surface area contributed by atoms with Gasteiger partial charge in [-0.05, 0) is 49.9 Å². The number of aryl methyl sites for hydroxylation is 1. The number of benzene rings is 1. The fourth-order valence-electron chi connectivity index (χ4n) is 2.87. The first-order chi connectivity index (χ1) is 9.65. The van der Waals surface area contributed by atoms with Gasteiger partial charge < -0.3 is 15.4 Å². The molecule has 4 nitrogen and oxygen atoms in total. The Bertz CT molecular complexity index is 505. The summed E-state index contributed by atoms with van der Waals surface area (Å²) in [6, 6.07) is 5.97. The van der Waals surface area contributed by atoms with E-state index in [2.05, 4.69) is 4.90 Å². The second-order valence-electron chi connectivity index (χ2n) is 5.99. The maximum Gasteiger partial charge on any atom is 0.254 e. The maximum atomic E-state index is 12.8. The lowest BCUT2D eigenvalue weighted by atomic mass is 10.0. The average Bonchev–Trinajstić information content (AvgIpc) is 3.12. The van der Waals surface area contributed by atoms with Crippen LogP contribution in [0.3, 0.4) is 0 Å². The number of nitrogens with two attached hydrogens (primary N) is 1. The maximum absolute atomic E-state index is 12.8. The molecule has 108 valence electrons. The minimum atomic E-state index is 0.150. The monoisotopic (exact) mass is 274 g/mol. The van der Waals surface area contributed by atoms with E-state index in [1.54, 1.807) is 0 Å². The number of hydrogen-bond acceptors (Lipinski definition) is 3. The molecule has 1 saturated heterocycles. The highest BCUT2D eigenvalue weighted by atomic mass is 16.5. The molecule has 1 unspecified atom stereocenters. The summed E-state index contributed by atoms with van der Waals surface area (Å²) in [5.41, 5.74) is 8.22. The lowest BCUT2D eigenvalue weighted by Crippen LogP contribution is -2.37. The molecule has 4 heteroatoms. The van der Waals surface area contributed by atoms with Crippen molar-refractivity contribution in [1.29, 1.82) is 0 Å². The van der Waals surface area contributed by atoms with Crippen LogP contribution in [-0.2, 0) is 4.74 Å². The van der Waals surface area contributed by atoms with E-state index in [-0.39, 0.29) is 5.91 Å². The van der Waals surface area contributed by atoms with E-state index in [0.717, 1.165) is 50.1 Å². The molecule has 0 spiro atoms. The SMILES string of the molecule is Cc1cc(N)ccc1C(=O)N(CC1CCOC1)C1CC1. The molecule has 0 aromatic heterocycles. The number of ether oxygens (including phenoxy) is 1. The van der Waals surface area contributed by atoms with Crippen molar-refractivity contribution >= 4 is 11.6 Å². The normalized spacial score (nSPS) is 21.9. The molecule has 1 amide bonds. The van der Waals surface area contributed by atoms with E-state index in [4.69, 9.17) is 10.5 Å². The van der Waals surface area contributed by atoms with Crippen molar-refractivity contribution in [3.63, 3.8) is 0 Å². The Kier molecular flexibility index (Phi) is 3.66. The van der Waals surface area contributed by atoms with Crippen LogP contribution in [0, 0.1) is 12.8 Å². The zero-order chi connectivity index (χ0) is 14.1. The summed E-state index contributed by atoms with van der Waals surface area (Å²) < 4.78 is 5.43. The first-order valence-corrected chi connectivity index (χ1v) is 7.40. The van der Waals surface area contributed by atoms with Crippen molar-refractivity contribution < 1.29 is 9.53 Å². The number of carbonyl (C=O) groups is 1. The Morgan fingerprint density at radius 3 is 2.80 bits per heavy atom. The molecule has 1 aromatic carbocycles. The molecule has 1 aromatic rings. The van der Waals surface area contributed by atoms with Crippen LogP contribution < -0.4 is 5.73 Å². The number of carbonyl (C=O) groups excluding carboxylic acids is 1. The van der Waals surface area contributed by atoms with E-state index in [1.165, 1.54) is 0 Å². The molecule has 2 N–H and O–H groups in total. The van der Waals surface area contributed by atoms with Crippen molar-refractivity contribution in [1.82, 2.24) is 4.90 Å². The third-order valence-corrected chi connectivity index (χ3v) is 4.21. The lowest BCUT2D eigenvalue weighted by Gasteiger charge is -2.26. The molecule has 1 saturated carbocycles. The largest absolute Gasteiger partial charge is 0.399 e. The van der Waals surface area contributed by atoms with E-state index >= 15 is 0 Å². The predicted octanol–water partition coefficient (Wildman–Crippen LogP) is 2.22. The number of amides is 1. The van der Waals surface area contributed by atoms with Gasteiger partial charge in [0.25, 0.3) is 5.91 Å². The van der Waals surface area contributed by atoms with Crippen molar-refractivity contribution in [2.45, 2.75) is 32.2 Å². The zero-order valence-corrected chi connectivity index (χ0v) is 12.0. The van der Waals surface area contributed by atoms with Crippen LogP contribution in [0.2, 0.25) is 0 Å². The summed E-state index contributed by atoms with van der Waals surface area (Å²) in [6.07, 6.45) is 3.33. The van der Waals surface area contributed by atoms with Crippen molar-refractivity contribution in [2.24, 2.45) is 5.92 Å². The first-order valence-electron chi connectivity index (χ1n) is 7.40. The standard InChI is InChI=1S/C16H22N2O2/c1-11-8-13(17)2-5-15(11)16(19)18(14-3-4-14)9-12-6-7-20-10-12/h2,5,8,12,14H,3-4,6-7,9-10,17H2,1H3. The molecule has 2 aliphatic rings. The summed E-state index contributed by atoms with van der Waals surface area (Å²) in [5.74, 6) is 0.644. The lowest BCUT2D eigenvalue weighted by molar-refractivity contribution is 0.0705. The zero-order valence-electron chi connectivity index (χ0n) is 12.0. The van der Waals surface area contributed by atoms with E-state index < -0.39 is 0 Å². The van der Waals surface area contributed by atoms with Crippen LogP contribution in [0.1, 0.15) is 35.2 Å². The molecular weight excluding hydrogens is 252 g/mol. The van der Waals surface area contributed by atoms with Gasteiger partial charge in [0, 0.05) is 36.4 Å². The molecule has 1 aliphatic heterocycles. The first kappa shape index (κ1) is 13.4. The minimum Gasteiger partial charge on any atom is -0.399 e. The van der Waals surface area contributed by atoms with Crippen molar-refractivity contribution in [3.8, 4) is 0 Å². The van der Waals surface area contributed by atoms with Crippen molar-refractivity contribution in [2.75, 3.05) is 25.5 Å². The molecule has 3 rings (SSSR count). The highest BCUT2D eigenvalue weighted by Gasteiger charge is 2.35. The Morgan fingerprint density at radius 2 is 2.20 bits per heavy atom. The highest BCUT2D eigenvalue weighted by Crippen LogP contribution is 2.31. The van der Waals surface area contributed by atoms with E-state index in [9.17, 15) is 4.79 Å². The third kappa shape index (κ3) is 2.80. The Morgan fingerprint density at radius 1 is 1.40 bits per heavy atom. The minimum absolute atomic E-state index is 0.150. The van der Waals surface area contributed by atoms with Crippen LogP contribution in [0.25, 0.3) is 0 Å². The van der Waals surface area contributed by atoms with Gasteiger partial charge in [-0.2, -0.15) is 0 Å². The van der Waals surface area contributed by atoms with Gasteiger partial charge >= 0.3 is 0 Å². The van der Waals surface area contributed by atoms with E-state index in [1.807, 2.05) is 25.1 Å². The highest BCUT2D eigenvalue weighted by molar-refractivity contribution is 5.96. The molecule has 1 aliphatic carbocycles. The molecule has 1 atom stereocenters. The summed E-state index contributed by atoms with van der Waals surface area (Å²) in [5, 5.41) is 0. The quantitative estimate of drug-likeness (QED) is 0.857. The number of nitrogens with zero attached hydrogens (tertiary/aromatic N) is 1. The number of hydrogen-bond donors (Lipinski definition) is 1. The molecular formula is C16H22N2O2. The van der Waals surface area contributed by atoms with Gasteiger partial charge in [0.2, 0.25) is 0 Å². The van der Waals surface area contributed by atoms with Crippen LogP contribution in [0.5, 0.6) is 0 Å². The molecule has 20 heavy (non-hydrogen) atoms. The second kappa shape index (κ2) is 5.44. The molecule has 1 heterocycles. The van der Waals surface area contributed by atoms with Crippen LogP contribution >= 0.6 is 0 Å². The molecule has 2 fully saturated rings. The van der Waals surface area contributed by atoms with Crippen LogP contribution in [0.15, 0.2) is 18.2 Å². The number of rotatable bonds is 4. The van der Waals surface area contributed by atoms with Gasteiger partial charge in [0.15, 0.2) is 0 Å². The summed E-state index contributed by atoms with van der Waals surface area (Å²) in [4.78, 5) is 14.8. The fraction of sp³-hybridized carbons (Fsp3) is 0.562. The Hall–Kier alpha value is -1.55. The van der Waals surface area contributed by atoms with Gasteiger partial charge in [-0.15, -0.1) is 0 Å². The summed E-state index contributed by atoms with van der Waals surface area (Å²) in [6.45, 7) is 4.40. The van der Waals surface area contributed by atoms with Gasteiger partial charge in [0.05, 0.1) is 6.61 Å². The van der Waals surface area contributed by atoms with Gasteiger partial charge in [-0.25, -0.2) is 0 Å². The summed E-state index contributed by atoms with van der Waals surface area (Å²) in [7, 11) is 0. The van der Waals surface area contributed by atoms with Gasteiger partial charge in [0.1, 0.15) is 0 Å². The smallest absolute Gasteiger partial charge is 0.254 e. The van der Waals surface area contributed by atoms with Crippen molar-refractivity contribution in [3.05, 3.63) is 29.3 Å². The molecule has 0 bridgehead atoms. The fourth-order valence-corrected chi connectivity index (χ4v) is 2.87. The predicted molar refractivity (Wildman–Crippen MR) is 78.6 cm³/mol. The summed E-state index contributed by atoms with van der Waals surface area (Å²) >= 11 is 0. The Balaban J connectivity index is 1.77. The van der Waals surface area contributed by atoms with Crippen LogP contribution in [-0.4, -0.2) is 36.6 Å². The van der Waals surface area contributed by atoms with E-state index in [0.29, 0.717) is 17.6 Å². The number of nitrogen functional groups attached to an aromatic ring is 1. The topological polar surface area (TPSA) is 55.6 Å². The number of anilines is 1. The molecule has 0 radical (unpaired) electrons. The third-order valence-electron chi connectivity index (χ3n) is 4.21. The Labute approximate surface area is 119 Å². The van der Waals surface area contributed by atoms with Crippen LogP contribution in [0.4, 0.5) is 5.69 Å². The second-order valence-corrected chi connectivity index (χ2v) is 5.99. The average molecular weight is 274 g/mol. The van der Waals surface area contributed by atoms with Gasteiger partial charge in [-0.3, -0.25) is 4.79 Å². The van der Waals surface area contributed by atoms with Gasteiger partial charge in [-0.1, -0.05) is 0 Å².